The predicted molar refractivity (Wildman–Crippen MR) is 154 cm³/mol. The quantitative estimate of drug-likeness (QED) is 0.182. The molecule has 3 aromatic carbocycles. The maximum Gasteiger partial charge on any atom is 0.229 e. The Labute approximate surface area is 234 Å². The monoisotopic (exact) mass is 567 g/mol. The van der Waals surface area contributed by atoms with Crippen LogP contribution in [0.1, 0.15) is 18.4 Å². The minimum Gasteiger partial charge on any atom is -0.487 e. The van der Waals surface area contributed by atoms with Crippen LogP contribution in [0.3, 0.4) is 0 Å². The van der Waals surface area contributed by atoms with Crippen LogP contribution in [0.15, 0.2) is 67.0 Å². The third-order valence-electron chi connectivity index (χ3n) is 5.58. The number of carbonyl (C=O) groups is 2. The molecule has 0 saturated carbocycles. The minimum absolute atomic E-state index is 0.0372. The molecule has 0 unspecified atom stereocenters. The van der Waals surface area contributed by atoms with Crippen molar-refractivity contribution in [3.05, 3.63) is 83.4 Å². The topological polar surface area (TPSA) is 105 Å². The van der Waals surface area contributed by atoms with Crippen molar-refractivity contribution < 1.29 is 18.7 Å². The van der Waals surface area contributed by atoms with Gasteiger partial charge in [-0.15, -0.1) is 0 Å². The lowest BCUT2D eigenvalue weighted by molar-refractivity contribution is -0.119. The van der Waals surface area contributed by atoms with E-state index in [-0.39, 0.29) is 30.7 Å². The molecule has 0 atom stereocenters. The molecule has 0 bridgehead atoms. The molecule has 4 aromatic rings. The first-order chi connectivity index (χ1) is 18.9. The van der Waals surface area contributed by atoms with Gasteiger partial charge in [-0.05, 0) is 66.8 Å². The number of rotatable bonds is 12. The molecule has 0 radical (unpaired) electrons. The molecule has 0 aliphatic rings. The van der Waals surface area contributed by atoms with Crippen LogP contribution in [-0.4, -0.2) is 40.3 Å². The number of anilines is 3. The molecule has 1 heterocycles. The smallest absolute Gasteiger partial charge is 0.229 e. The number of fused-ring (bicyclic) bond motifs is 1. The number of benzene rings is 3. The molecular formula is C28H27ClFN5O3S. The highest BCUT2D eigenvalue weighted by Crippen LogP contribution is 2.31. The van der Waals surface area contributed by atoms with Gasteiger partial charge in [-0.2, -0.15) is 11.8 Å². The Morgan fingerprint density at radius 3 is 2.67 bits per heavy atom. The van der Waals surface area contributed by atoms with Gasteiger partial charge >= 0.3 is 0 Å². The molecule has 0 fully saturated rings. The zero-order valence-electron chi connectivity index (χ0n) is 21.2. The van der Waals surface area contributed by atoms with Gasteiger partial charge in [0.25, 0.3) is 0 Å². The number of aromatic nitrogens is 2. The Balaban J connectivity index is 1.39. The number of ether oxygens (including phenoxy) is 1. The van der Waals surface area contributed by atoms with Gasteiger partial charge < -0.3 is 20.7 Å². The average Bonchev–Trinajstić information content (AvgIpc) is 2.91. The third kappa shape index (κ3) is 8.30. The van der Waals surface area contributed by atoms with Crippen molar-refractivity contribution >= 4 is 63.3 Å². The summed E-state index contributed by atoms with van der Waals surface area (Å²) in [5.74, 6) is 0.895. The Bertz CT molecular complexity index is 1470. The van der Waals surface area contributed by atoms with Gasteiger partial charge in [-0.1, -0.05) is 23.7 Å². The van der Waals surface area contributed by atoms with Gasteiger partial charge in [-0.25, -0.2) is 14.4 Å². The Kier molecular flexibility index (Phi) is 9.93. The lowest BCUT2D eigenvalue weighted by Crippen LogP contribution is -2.26. The van der Waals surface area contributed by atoms with E-state index in [0.29, 0.717) is 63.1 Å². The standard InChI is InChI=1S/C28H27ClFN5O3S/c1-39-16-27(37)31-11-3-6-26(36)34-20-7-9-24-22(13-20)28(33-17-32-24)35-21-8-10-25(23(29)14-21)38-15-18-4-2-5-19(30)12-18/h2,4-5,7-10,12-14,17H,3,6,11,15-16H2,1H3,(H,31,37)(H,34,36)(H,32,33,35). The van der Waals surface area contributed by atoms with E-state index in [9.17, 15) is 14.0 Å². The molecule has 0 aliphatic carbocycles. The van der Waals surface area contributed by atoms with E-state index in [1.165, 1.54) is 30.2 Å². The van der Waals surface area contributed by atoms with Crippen LogP contribution in [0.25, 0.3) is 10.9 Å². The van der Waals surface area contributed by atoms with Gasteiger partial charge in [0.05, 0.1) is 16.3 Å². The molecule has 8 nitrogen and oxygen atoms in total. The SMILES string of the molecule is CSCC(=O)NCCCC(=O)Nc1ccc2ncnc(Nc3ccc(OCc4cccc(F)c4)c(Cl)c3)c2c1. The summed E-state index contributed by atoms with van der Waals surface area (Å²) in [7, 11) is 0. The first-order valence-electron chi connectivity index (χ1n) is 12.2. The van der Waals surface area contributed by atoms with Gasteiger partial charge in [-0.3, -0.25) is 9.59 Å². The maximum absolute atomic E-state index is 13.4. The van der Waals surface area contributed by atoms with E-state index >= 15 is 0 Å². The van der Waals surface area contributed by atoms with Crippen molar-refractivity contribution in [1.29, 1.82) is 0 Å². The highest BCUT2D eigenvalue weighted by Gasteiger charge is 2.10. The lowest BCUT2D eigenvalue weighted by atomic mass is 10.2. The summed E-state index contributed by atoms with van der Waals surface area (Å²) >= 11 is 7.89. The Morgan fingerprint density at radius 1 is 1.03 bits per heavy atom. The predicted octanol–water partition coefficient (Wildman–Crippen LogP) is 5.94. The minimum atomic E-state index is -0.325. The molecule has 0 spiro atoms. The first kappa shape index (κ1) is 28.1. The Hall–Kier alpha value is -3.89. The van der Waals surface area contributed by atoms with Crippen LogP contribution in [0.4, 0.5) is 21.6 Å². The highest BCUT2D eigenvalue weighted by atomic mass is 35.5. The summed E-state index contributed by atoms with van der Waals surface area (Å²) in [4.78, 5) is 32.6. The van der Waals surface area contributed by atoms with E-state index in [0.717, 1.165) is 0 Å². The van der Waals surface area contributed by atoms with Gasteiger partial charge in [0, 0.05) is 29.7 Å². The van der Waals surface area contributed by atoms with Crippen LogP contribution < -0.4 is 20.7 Å². The van der Waals surface area contributed by atoms with E-state index < -0.39 is 0 Å². The summed E-state index contributed by atoms with van der Waals surface area (Å²) in [5.41, 5.74) is 2.68. The number of hydrogen-bond donors (Lipinski definition) is 3. The van der Waals surface area contributed by atoms with Crippen LogP contribution in [0.2, 0.25) is 5.02 Å². The van der Waals surface area contributed by atoms with Crippen molar-refractivity contribution in [1.82, 2.24) is 15.3 Å². The number of thioether (sulfide) groups is 1. The van der Waals surface area contributed by atoms with Gasteiger partial charge in [0.15, 0.2) is 0 Å². The second-order valence-corrected chi connectivity index (χ2v) is 9.85. The molecule has 2 amide bonds. The van der Waals surface area contributed by atoms with Gasteiger partial charge in [0.2, 0.25) is 11.8 Å². The molecule has 4 rings (SSSR count). The van der Waals surface area contributed by atoms with Gasteiger partial charge in [0.1, 0.15) is 30.3 Å². The largest absolute Gasteiger partial charge is 0.487 e. The van der Waals surface area contributed by atoms with Crippen molar-refractivity contribution in [2.75, 3.05) is 29.2 Å². The van der Waals surface area contributed by atoms with Crippen LogP contribution in [0.5, 0.6) is 5.75 Å². The van der Waals surface area contributed by atoms with Crippen molar-refractivity contribution in [3.63, 3.8) is 0 Å². The maximum atomic E-state index is 13.4. The molecule has 0 aliphatic heterocycles. The number of amides is 2. The summed E-state index contributed by atoms with van der Waals surface area (Å²) in [6.07, 6.45) is 4.13. The first-order valence-corrected chi connectivity index (χ1v) is 13.9. The van der Waals surface area contributed by atoms with Crippen LogP contribution >= 0.6 is 23.4 Å². The fourth-order valence-corrected chi connectivity index (χ4v) is 4.34. The fourth-order valence-electron chi connectivity index (χ4n) is 3.74. The van der Waals surface area contributed by atoms with Crippen LogP contribution in [-0.2, 0) is 16.2 Å². The number of carbonyl (C=O) groups excluding carboxylic acids is 2. The second kappa shape index (κ2) is 13.8. The van der Waals surface area contributed by atoms with E-state index in [4.69, 9.17) is 16.3 Å². The molecule has 11 heteroatoms. The van der Waals surface area contributed by atoms with Crippen molar-refractivity contribution in [2.24, 2.45) is 0 Å². The van der Waals surface area contributed by atoms with Crippen molar-refractivity contribution in [3.8, 4) is 5.75 Å². The summed E-state index contributed by atoms with van der Waals surface area (Å²) < 4.78 is 19.2. The number of hydrogen-bond acceptors (Lipinski definition) is 7. The highest BCUT2D eigenvalue weighted by molar-refractivity contribution is 7.99. The summed E-state index contributed by atoms with van der Waals surface area (Å²) in [6, 6.07) is 16.8. The molecular weight excluding hydrogens is 541 g/mol. The van der Waals surface area contributed by atoms with E-state index in [2.05, 4.69) is 25.9 Å². The van der Waals surface area contributed by atoms with Crippen molar-refractivity contribution in [2.45, 2.75) is 19.4 Å². The molecule has 202 valence electrons. The Morgan fingerprint density at radius 2 is 1.87 bits per heavy atom. The second-order valence-electron chi connectivity index (χ2n) is 8.58. The fraction of sp³-hybridized carbons (Fsp3) is 0.214. The summed E-state index contributed by atoms with van der Waals surface area (Å²) in [6.45, 7) is 0.631. The van der Waals surface area contributed by atoms with E-state index in [1.54, 1.807) is 48.5 Å². The molecule has 1 aromatic heterocycles. The summed E-state index contributed by atoms with van der Waals surface area (Å²) in [5, 5.41) is 10.0. The normalized spacial score (nSPS) is 10.7. The average molecular weight is 568 g/mol. The third-order valence-corrected chi connectivity index (χ3v) is 6.42. The van der Waals surface area contributed by atoms with E-state index in [1.807, 2.05) is 6.26 Å². The lowest BCUT2D eigenvalue weighted by Gasteiger charge is -2.13. The zero-order chi connectivity index (χ0) is 27.6. The molecule has 3 N–H and O–H groups in total. The number of nitrogens with one attached hydrogen (secondary N) is 3. The molecule has 39 heavy (non-hydrogen) atoms. The number of nitrogens with zero attached hydrogens (tertiary/aromatic N) is 2. The number of halogens is 2. The zero-order valence-corrected chi connectivity index (χ0v) is 22.7. The molecule has 0 saturated heterocycles. The van der Waals surface area contributed by atoms with Crippen LogP contribution in [0, 0.1) is 5.82 Å².